The van der Waals surface area contributed by atoms with Crippen molar-refractivity contribution in [1.82, 2.24) is 0 Å². The molecule has 28 heavy (non-hydrogen) atoms. The Hall–Kier alpha value is -2.58. The highest BCUT2D eigenvalue weighted by Crippen LogP contribution is 2.34. The van der Waals surface area contributed by atoms with Gasteiger partial charge in [0.15, 0.2) is 13.1 Å². The number of likely N-dealkylation sites (N-methyl/N-ethyl adjacent to an activating group) is 1. The van der Waals surface area contributed by atoms with Crippen LogP contribution in [0.4, 0.5) is 24.5 Å². The summed E-state index contributed by atoms with van der Waals surface area (Å²) in [4.78, 5) is 24.7. The number of alkyl halides is 3. The van der Waals surface area contributed by atoms with Crippen molar-refractivity contribution in [1.29, 1.82) is 0 Å². The van der Waals surface area contributed by atoms with Gasteiger partial charge < -0.3 is 15.5 Å². The van der Waals surface area contributed by atoms with Gasteiger partial charge in [0.25, 0.3) is 11.8 Å². The molecule has 0 bridgehead atoms. The first-order valence-electron chi connectivity index (χ1n) is 8.39. The van der Waals surface area contributed by atoms with Crippen molar-refractivity contribution < 1.29 is 27.7 Å². The molecule has 150 valence electrons. The van der Waals surface area contributed by atoms with E-state index in [4.69, 9.17) is 11.6 Å². The third kappa shape index (κ3) is 6.24. The number of amides is 2. The number of anilines is 2. The van der Waals surface area contributed by atoms with Gasteiger partial charge in [-0.1, -0.05) is 29.8 Å². The van der Waals surface area contributed by atoms with Gasteiger partial charge in [-0.05, 0) is 36.8 Å². The SMILES string of the molecule is Cc1ccc(NC(=O)C[NH+](C)CC(=O)Nc2ccccc2C(F)(F)F)c(Cl)c1. The zero-order chi connectivity index (χ0) is 20.9. The number of halogens is 4. The Morgan fingerprint density at radius 1 is 1.00 bits per heavy atom. The number of carbonyl (C=O) groups excluding carboxylic acids is 2. The number of quaternary nitrogens is 1. The molecule has 3 N–H and O–H groups in total. The lowest BCUT2D eigenvalue weighted by atomic mass is 10.1. The minimum Gasteiger partial charge on any atom is -0.322 e. The largest absolute Gasteiger partial charge is 0.418 e. The van der Waals surface area contributed by atoms with Crippen molar-refractivity contribution >= 4 is 34.8 Å². The molecule has 2 aromatic rings. The first-order chi connectivity index (χ1) is 13.1. The van der Waals surface area contributed by atoms with Crippen LogP contribution in [-0.2, 0) is 15.8 Å². The number of nitrogens with one attached hydrogen (secondary N) is 3. The Morgan fingerprint density at radius 2 is 1.57 bits per heavy atom. The van der Waals surface area contributed by atoms with Crippen LogP contribution in [0.2, 0.25) is 5.02 Å². The summed E-state index contributed by atoms with van der Waals surface area (Å²) in [6, 6.07) is 9.90. The molecule has 0 spiro atoms. The average molecular weight is 415 g/mol. The number of aryl methyl sites for hydroxylation is 1. The lowest BCUT2D eigenvalue weighted by Gasteiger charge is -2.16. The third-order valence-electron chi connectivity index (χ3n) is 3.83. The number of hydrogen-bond donors (Lipinski definition) is 3. The van der Waals surface area contributed by atoms with Crippen LogP contribution in [0.1, 0.15) is 11.1 Å². The molecule has 1 atom stereocenters. The molecule has 0 aromatic heterocycles. The van der Waals surface area contributed by atoms with Crippen LogP contribution in [0.25, 0.3) is 0 Å². The van der Waals surface area contributed by atoms with E-state index in [2.05, 4.69) is 10.6 Å². The fourth-order valence-corrected chi connectivity index (χ4v) is 2.84. The van der Waals surface area contributed by atoms with E-state index in [9.17, 15) is 22.8 Å². The van der Waals surface area contributed by atoms with Crippen molar-refractivity contribution in [3.8, 4) is 0 Å². The molecule has 0 heterocycles. The average Bonchev–Trinajstić information content (AvgIpc) is 2.56. The summed E-state index contributed by atoms with van der Waals surface area (Å²) in [6.07, 6.45) is -4.57. The van der Waals surface area contributed by atoms with Crippen LogP contribution in [-0.4, -0.2) is 32.0 Å². The van der Waals surface area contributed by atoms with Gasteiger partial charge in [0.05, 0.1) is 29.0 Å². The molecule has 0 fully saturated rings. The molecule has 0 radical (unpaired) electrons. The number of carbonyl (C=O) groups is 2. The Morgan fingerprint density at radius 3 is 2.14 bits per heavy atom. The summed E-state index contributed by atoms with van der Waals surface area (Å²) < 4.78 is 38.9. The van der Waals surface area contributed by atoms with Crippen LogP contribution in [0, 0.1) is 6.92 Å². The van der Waals surface area contributed by atoms with Crippen molar-refractivity contribution in [2.24, 2.45) is 0 Å². The molecule has 0 aliphatic heterocycles. The number of hydrogen-bond acceptors (Lipinski definition) is 2. The van der Waals surface area contributed by atoms with Gasteiger partial charge in [-0.3, -0.25) is 9.59 Å². The second-order valence-electron chi connectivity index (χ2n) is 6.43. The van der Waals surface area contributed by atoms with Crippen LogP contribution >= 0.6 is 11.6 Å². The highest BCUT2D eigenvalue weighted by atomic mass is 35.5. The second-order valence-corrected chi connectivity index (χ2v) is 6.84. The lowest BCUT2D eigenvalue weighted by Crippen LogP contribution is -3.11. The molecule has 0 saturated heterocycles. The summed E-state index contributed by atoms with van der Waals surface area (Å²) in [6.45, 7) is 1.63. The Labute approximate surface area is 165 Å². The zero-order valence-electron chi connectivity index (χ0n) is 15.3. The maximum absolute atomic E-state index is 13.0. The van der Waals surface area contributed by atoms with Crippen molar-refractivity contribution in [3.05, 3.63) is 58.6 Å². The standard InChI is InChI=1S/C19H19ClF3N3O2/c1-12-7-8-16(14(20)9-12)25-18(28)11-26(2)10-17(27)24-15-6-4-3-5-13(15)19(21,22)23/h3-9H,10-11H2,1-2H3,(H,24,27)(H,25,28)/p+1. The van der Waals surface area contributed by atoms with E-state index < -0.39 is 17.6 Å². The van der Waals surface area contributed by atoms with E-state index in [1.165, 1.54) is 18.2 Å². The molecule has 9 heteroatoms. The van der Waals surface area contributed by atoms with E-state index in [1.54, 1.807) is 25.2 Å². The first kappa shape index (κ1) is 21.7. The Balaban J connectivity index is 1.91. The van der Waals surface area contributed by atoms with Crippen LogP contribution < -0.4 is 15.5 Å². The van der Waals surface area contributed by atoms with Crippen molar-refractivity contribution in [2.75, 3.05) is 30.8 Å². The predicted octanol–water partition coefficient (Wildman–Crippen LogP) is 2.76. The predicted molar refractivity (Wildman–Crippen MR) is 102 cm³/mol. The number of para-hydroxylation sites is 1. The van der Waals surface area contributed by atoms with Gasteiger partial charge in [0, 0.05) is 0 Å². The summed E-state index contributed by atoms with van der Waals surface area (Å²) in [5.41, 5.74) is 0.159. The Bertz CT molecular complexity index is 872. The molecule has 2 rings (SSSR count). The van der Waals surface area contributed by atoms with Crippen molar-refractivity contribution in [2.45, 2.75) is 13.1 Å². The maximum atomic E-state index is 13.0. The van der Waals surface area contributed by atoms with Gasteiger partial charge in [-0.15, -0.1) is 0 Å². The fourth-order valence-electron chi connectivity index (χ4n) is 2.56. The fraction of sp³-hybridized carbons (Fsp3) is 0.263. The molecule has 0 saturated carbocycles. The smallest absolute Gasteiger partial charge is 0.322 e. The third-order valence-corrected chi connectivity index (χ3v) is 4.14. The van der Waals surface area contributed by atoms with E-state index >= 15 is 0 Å². The quantitative estimate of drug-likeness (QED) is 0.680. The number of rotatable bonds is 6. The normalized spacial score (nSPS) is 12.4. The molecular formula is C19H20ClF3N3O2+. The molecular weight excluding hydrogens is 395 g/mol. The maximum Gasteiger partial charge on any atom is 0.418 e. The summed E-state index contributed by atoms with van der Waals surface area (Å²) in [7, 11) is 1.59. The van der Waals surface area contributed by atoms with E-state index in [-0.39, 0.29) is 24.7 Å². The van der Waals surface area contributed by atoms with Gasteiger partial charge in [0.1, 0.15) is 0 Å². The van der Waals surface area contributed by atoms with Crippen molar-refractivity contribution in [3.63, 3.8) is 0 Å². The van der Waals surface area contributed by atoms with Crippen LogP contribution in [0.3, 0.4) is 0 Å². The molecule has 0 aliphatic carbocycles. The summed E-state index contributed by atoms with van der Waals surface area (Å²) in [5.74, 6) is -0.998. The molecule has 2 aromatic carbocycles. The highest BCUT2D eigenvalue weighted by molar-refractivity contribution is 6.33. The highest BCUT2D eigenvalue weighted by Gasteiger charge is 2.33. The summed E-state index contributed by atoms with van der Waals surface area (Å²) >= 11 is 6.06. The molecule has 0 aliphatic rings. The minimum atomic E-state index is -4.57. The Kier molecular flexibility index (Phi) is 7.04. The molecule has 5 nitrogen and oxygen atoms in total. The lowest BCUT2D eigenvalue weighted by molar-refractivity contribution is -0.862. The van der Waals surface area contributed by atoms with Gasteiger partial charge in [-0.25, -0.2) is 0 Å². The van der Waals surface area contributed by atoms with Gasteiger partial charge >= 0.3 is 6.18 Å². The molecule has 2 amide bonds. The topological polar surface area (TPSA) is 62.6 Å². The summed E-state index contributed by atoms with van der Waals surface area (Å²) in [5, 5.41) is 5.30. The second kappa shape index (κ2) is 9.07. The van der Waals surface area contributed by atoms with Gasteiger partial charge in [-0.2, -0.15) is 13.2 Å². The van der Waals surface area contributed by atoms with E-state index in [0.717, 1.165) is 11.6 Å². The number of benzene rings is 2. The first-order valence-corrected chi connectivity index (χ1v) is 8.77. The van der Waals surface area contributed by atoms with E-state index in [1.807, 2.05) is 6.92 Å². The van der Waals surface area contributed by atoms with E-state index in [0.29, 0.717) is 15.6 Å². The zero-order valence-corrected chi connectivity index (χ0v) is 16.0. The van der Waals surface area contributed by atoms with Crippen LogP contribution in [0.5, 0.6) is 0 Å². The van der Waals surface area contributed by atoms with Crippen LogP contribution in [0.15, 0.2) is 42.5 Å². The minimum absolute atomic E-state index is 0.0570. The van der Waals surface area contributed by atoms with Gasteiger partial charge in [0.2, 0.25) is 0 Å². The molecule has 1 unspecified atom stereocenters. The monoisotopic (exact) mass is 414 g/mol.